The van der Waals surface area contributed by atoms with Crippen molar-refractivity contribution >= 4 is 11.9 Å². The Morgan fingerprint density at radius 1 is 1.45 bits per heavy atom. The molecular weight excluding hydrogens is 258 g/mol. The molecule has 1 saturated heterocycles. The fourth-order valence-electron chi connectivity index (χ4n) is 2.63. The smallest absolute Gasteiger partial charge is 0.308 e. The van der Waals surface area contributed by atoms with Crippen LogP contribution in [0.15, 0.2) is 6.20 Å². The van der Waals surface area contributed by atoms with Crippen molar-refractivity contribution in [3.63, 3.8) is 0 Å². The molecule has 1 fully saturated rings. The number of carbonyl (C=O) groups excluding carboxylic acids is 1. The molecule has 20 heavy (non-hydrogen) atoms. The maximum absolute atomic E-state index is 12.6. The summed E-state index contributed by atoms with van der Waals surface area (Å²) in [7, 11) is 1.79. The number of nitrogens with zero attached hydrogens (tertiary/aromatic N) is 3. The summed E-state index contributed by atoms with van der Waals surface area (Å²) < 4.78 is 1.64. The standard InChI is InChI=1S/C14H21N3O3/c1-9(2)12-11(8-16(3)15-12)13(18)17-6-4-5-10(7-17)14(19)20/h8-10H,4-7H2,1-3H3,(H,19,20)/t10-/m0/s1. The van der Waals surface area contributed by atoms with E-state index in [0.29, 0.717) is 25.1 Å². The van der Waals surface area contributed by atoms with Crippen LogP contribution in [0, 0.1) is 5.92 Å². The van der Waals surface area contributed by atoms with E-state index in [2.05, 4.69) is 5.10 Å². The normalized spacial score (nSPS) is 19.4. The first-order valence-electron chi connectivity index (χ1n) is 6.95. The number of aromatic nitrogens is 2. The molecule has 1 amide bonds. The molecule has 0 unspecified atom stereocenters. The maximum Gasteiger partial charge on any atom is 0.308 e. The Hall–Kier alpha value is -1.85. The van der Waals surface area contributed by atoms with Crippen molar-refractivity contribution in [3.05, 3.63) is 17.5 Å². The SMILES string of the molecule is CC(C)c1nn(C)cc1C(=O)N1CCC[C@H](C(=O)O)C1. The second kappa shape index (κ2) is 5.64. The zero-order valence-electron chi connectivity index (χ0n) is 12.2. The molecule has 0 radical (unpaired) electrons. The molecule has 2 rings (SSSR count). The summed E-state index contributed by atoms with van der Waals surface area (Å²) in [6.07, 6.45) is 3.10. The van der Waals surface area contributed by atoms with Gasteiger partial charge in [-0.25, -0.2) is 0 Å². The van der Waals surface area contributed by atoms with Crippen LogP contribution in [0.3, 0.4) is 0 Å². The number of carboxylic acid groups (broad SMARTS) is 1. The van der Waals surface area contributed by atoms with Crippen molar-refractivity contribution in [1.29, 1.82) is 0 Å². The van der Waals surface area contributed by atoms with Crippen molar-refractivity contribution in [2.45, 2.75) is 32.6 Å². The summed E-state index contributed by atoms with van der Waals surface area (Å²) >= 11 is 0. The Balaban J connectivity index is 2.21. The average Bonchev–Trinajstić information content (AvgIpc) is 2.80. The predicted molar refractivity (Wildman–Crippen MR) is 73.6 cm³/mol. The lowest BCUT2D eigenvalue weighted by atomic mass is 9.97. The highest BCUT2D eigenvalue weighted by Crippen LogP contribution is 2.23. The van der Waals surface area contributed by atoms with Crippen LogP contribution in [0.4, 0.5) is 0 Å². The molecule has 1 aromatic rings. The van der Waals surface area contributed by atoms with E-state index in [0.717, 1.165) is 12.1 Å². The molecule has 0 spiro atoms. The van der Waals surface area contributed by atoms with Gasteiger partial charge < -0.3 is 10.0 Å². The molecule has 0 aliphatic carbocycles. The summed E-state index contributed by atoms with van der Waals surface area (Å²) in [4.78, 5) is 25.3. The second-order valence-corrected chi connectivity index (χ2v) is 5.68. The number of carbonyl (C=O) groups is 2. The van der Waals surface area contributed by atoms with Gasteiger partial charge in [-0.05, 0) is 18.8 Å². The Bertz CT molecular complexity index is 522. The molecule has 0 aromatic carbocycles. The highest BCUT2D eigenvalue weighted by molar-refractivity contribution is 5.95. The number of aliphatic carboxylic acids is 1. The minimum Gasteiger partial charge on any atom is -0.481 e. The van der Waals surface area contributed by atoms with Gasteiger partial charge in [0.2, 0.25) is 0 Å². The predicted octanol–water partition coefficient (Wildman–Crippen LogP) is 1.48. The van der Waals surface area contributed by atoms with Crippen molar-refractivity contribution in [1.82, 2.24) is 14.7 Å². The van der Waals surface area contributed by atoms with E-state index >= 15 is 0 Å². The van der Waals surface area contributed by atoms with E-state index in [1.165, 1.54) is 0 Å². The Morgan fingerprint density at radius 2 is 2.15 bits per heavy atom. The van der Waals surface area contributed by atoms with E-state index in [1.807, 2.05) is 13.8 Å². The summed E-state index contributed by atoms with van der Waals surface area (Å²) in [6.45, 7) is 4.90. The first-order valence-corrected chi connectivity index (χ1v) is 6.95. The van der Waals surface area contributed by atoms with Gasteiger partial charge in [0.1, 0.15) is 0 Å². The van der Waals surface area contributed by atoms with Gasteiger partial charge in [-0.15, -0.1) is 0 Å². The van der Waals surface area contributed by atoms with E-state index in [9.17, 15) is 9.59 Å². The highest BCUT2D eigenvalue weighted by atomic mass is 16.4. The zero-order chi connectivity index (χ0) is 14.9. The summed E-state index contributed by atoms with van der Waals surface area (Å²) in [5.74, 6) is -1.22. The van der Waals surface area contributed by atoms with Gasteiger partial charge in [0.15, 0.2) is 0 Å². The molecule has 0 saturated carbocycles. The molecule has 6 nitrogen and oxygen atoms in total. The molecule has 1 aliphatic heterocycles. The van der Waals surface area contributed by atoms with Crippen molar-refractivity contribution in [2.24, 2.45) is 13.0 Å². The first kappa shape index (κ1) is 14.6. The minimum atomic E-state index is -0.822. The molecule has 1 N–H and O–H groups in total. The largest absolute Gasteiger partial charge is 0.481 e. The minimum absolute atomic E-state index is 0.104. The topological polar surface area (TPSA) is 75.4 Å². The molecule has 1 aliphatic rings. The second-order valence-electron chi connectivity index (χ2n) is 5.68. The third kappa shape index (κ3) is 2.84. The third-order valence-electron chi connectivity index (χ3n) is 3.69. The van der Waals surface area contributed by atoms with Crippen LogP contribution in [0.25, 0.3) is 0 Å². The van der Waals surface area contributed by atoms with Gasteiger partial charge in [0.05, 0.1) is 17.2 Å². The van der Waals surface area contributed by atoms with Gasteiger partial charge in [0, 0.05) is 26.3 Å². The summed E-state index contributed by atoms with van der Waals surface area (Å²) in [5, 5.41) is 13.4. The lowest BCUT2D eigenvalue weighted by Crippen LogP contribution is -2.42. The van der Waals surface area contributed by atoms with Gasteiger partial charge in [-0.3, -0.25) is 14.3 Å². The first-order chi connectivity index (χ1) is 9.40. The van der Waals surface area contributed by atoms with Crippen molar-refractivity contribution in [3.8, 4) is 0 Å². The van der Waals surface area contributed by atoms with E-state index in [4.69, 9.17) is 5.11 Å². The number of rotatable bonds is 3. The third-order valence-corrected chi connectivity index (χ3v) is 3.69. The van der Waals surface area contributed by atoms with Crippen LogP contribution in [0.1, 0.15) is 48.7 Å². The van der Waals surface area contributed by atoms with Crippen LogP contribution >= 0.6 is 0 Å². The zero-order valence-corrected chi connectivity index (χ0v) is 12.2. The lowest BCUT2D eigenvalue weighted by molar-refractivity contribution is -0.143. The number of hydrogen-bond acceptors (Lipinski definition) is 3. The van der Waals surface area contributed by atoms with E-state index < -0.39 is 11.9 Å². The highest BCUT2D eigenvalue weighted by Gasteiger charge is 2.30. The number of hydrogen-bond donors (Lipinski definition) is 1. The van der Waals surface area contributed by atoms with Crippen molar-refractivity contribution in [2.75, 3.05) is 13.1 Å². The van der Waals surface area contributed by atoms with E-state index in [1.54, 1.807) is 22.8 Å². The molecule has 2 heterocycles. The van der Waals surface area contributed by atoms with Crippen LogP contribution in [-0.4, -0.2) is 44.8 Å². The Kier molecular flexibility index (Phi) is 4.11. The maximum atomic E-state index is 12.6. The van der Waals surface area contributed by atoms with Crippen molar-refractivity contribution < 1.29 is 14.7 Å². The molecule has 1 atom stereocenters. The summed E-state index contributed by atoms with van der Waals surface area (Å²) in [6, 6.07) is 0. The number of amides is 1. The molecule has 0 bridgehead atoms. The van der Waals surface area contributed by atoms with Crippen LogP contribution in [-0.2, 0) is 11.8 Å². The van der Waals surface area contributed by atoms with Gasteiger partial charge in [-0.1, -0.05) is 13.8 Å². The number of carboxylic acids is 1. The lowest BCUT2D eigenvalue weighted by Gasteiger charge is -2.30. The van der Waals surface area contributed by atoms with E-state index in [-0.39, 0.29) is 11.8 Å². The Labute approximate surface area is 118 Å². The van der Waals surface area contributed by atoms with Gasteiger partial charge in [0.25, 0.3) is 5.91 Å². The monoisotopic (exact) mass is 279 g/mol. The molecule has 110 valence electrons. The Morgan fingerprint density at radius 3 is 2.75 bits per heavy atom. The fraction of sp³-hybridized carbons (Fsp3) is 0.643. The average molecular weight is 279 g/mol. The number of aryl methyl sites for hydroxylation is 1. The molecule has 1 aromatic heterocycles. The van der Waals surface area contributed by atoms with Crippen LogP contribution < -0.4 is 0 Å². The quantitative estimate of drug-likeness (QED) is 0.909. The van der Waals surface area contributed by atoms with Crippen LogP contribution in [0.2, 0.25) is 0 Å². The molecule has 6 heteroatoms. The number of likely N-dealkylation sites (tertiary alicyclic amines) is 1. The van der Waals surface area contributed by atoms with Crippen LogP contribution in [0.5, 0.6) is 0 Å². The number of piperidine rings is 1. The summed E-state index contributed by atoms with van der Waals surface area (Å²) in [5.41, 5.74) is 1.36. The fourth-order valence-corrected chi connectivity index (χ4v) is 2.63. The molecular formula is C14H21N3O3. The van der Waals surface area contributed by atoms with Gasteiger partial charge >= 0.3 is 5.97 Å². The van der Waals surface area contributed by atoms with Gasteiger partial charge in [-0.2, -0.15) is 5.10 Å².